The summed E-state index contributed by atoms with van der Waals surface area (Å²) >= 11 is 0. The molecule has 0 aliphatic heterocycles. The van der Waals surface area contributed by atoms with Gasteiger partial charge in [-0.1, -0.05) is 65.5 Å². The van der Waals surface area contributed by atoms with E-state index in [0.29, 0.717) is 48.3 Å². The van der Waals surface area contributed by atoms with Crippen molar-refractivity contribution in [3.8, 4) is 0 Å². The fourth-order valence-corrected chi connectivity index (χ4v) is 10.8. The highest BCUT2D eigenvalue weighted by Gasteiger charge is 2.59. The topological polar surface area (TPSA) is 113 Å². The smallest absolute Gasteiger partial charge is 0.472 e. The number of quaternary nitrogens is 1. The van der Waals surface area contributed by atoms with Crippen molar-refractivity contribution >= 4 is 7.82 Å². The van der Waals surface area contributed by atoms with Crippen LogP contribution in [-0.4, -0.2) is 94.9 Å². The quantitative estimate of drug-likeness (QED) is 0.0587. The standard InChI is InChI=1S/C38H70NO7P.H2O/c1-29(2)10-9-11-30(3)34-14-15-35-33-13-12-31-28-32(16-18-37(31,4)36(33)17-19-38(34,35)5)44-26-24-42-22-23-43-25-27-46-47(40,41)45-21-20-39(6,7)8;/h12,29-30,32-36H,9-11,13-28H2,1-8H3;1H2/t30-,32?,33+,34-,35+,36+,37+,38-;/m1./s1. The highest BCUT2D eigenvalue weighted by molar-refractivity contribution is 7.47. The molecule has 0 saturated heterocycles. The number of phosphoric acid groups is 1. The van der Waals surface area contributed by atoms with Crippen LogP contribution in [0.25, 0.3) is 0 Å². The van der Waals surface area contributed by atoms with Crippen LogP contribution in [0.1, 0.15) is 105 Å². The van der Waals surface area contributed by atoms with Gasteiger partial charge in [-0.15, -0.1) is 0 Å². The average molecular weight is 702 g/mol. The van der Waals surface area contributed by atoms with E-state index in [1.807, 2.05) is 21.1 Å². The maximum absolute atomic E-state index is 11.9. The summed E-state index contributed by atoms with van der Waals surface area (Å²) < 4.78 is 40.1. The van der Waals surface area contributed by atoms with Crippen molar-refractivity contribution in [2.45, 2.75) is 111 Å². The molecule has 3 saturated carbocycles. The Morgan fingerprint density at radius 1 is 0.875 bits per heavy atom. The normalized spacial score (nSPS) is 33.6. The fourth-order valence-electron chi connectivity index (χ4n) is 10.1. The second kappa shape index (κ2) is 18.4. The van der Waals surface area contributed by atoms with Crippen molar-refractivity contribution < 1.29 is 42.7 Å². The second-order valence-corrected chi connectivity index (χ2v) is 18.9. The van der Waals surface area contributed by atoms with Gasteiger partial charge in [-0.3, -0.25) is 9.05 Å². The van der Waals surface area contributed by atoms with Gasteiger partial charge in [-0.05, 0) is 97.7 Å². The number of phosphoric ester groups is 1. The van der Waals surface area contributed by atoms with Crippen molar-refractivity contribution in [2.24, 2.45) is 46.3 Å². The summed E-state index contributed by atoms with van der Waals surface area (Å²) in [4.78, 5) is 9.76. The Kier molecular flexibility index (Phi) is 16.1. The molecule has 3 fully saturated rings. The Hall–Kier alpha value is -0.350. The molecule has 2 unspecified atom stereocenters. The van der Waals surface area contributed by atoms with E-state index >= 15 is 0 Å². The van der Waals surface area contributed by atoms with Crippen LogP contribution in [0.4, 0.5) is 0 Å². The molecule has 282 valence electrons. The van der Waals surface area contributed by atoms with Gasteiger partial charge in [0.25, 0.3) is 0 Å². The first-order valence-corrected chi connectivity index (χ1v) is 20.5. The molecule has 0 aromatic rings. The molecule has 48 heavy (non-hydrogen) atoms. The number of rotatable bonds is 20. The van der Waals surface area contributed by atoms with Crippen molar-refractivity contribution in [3.63, 3.8) is 0 Å². The molecular formula is C38H72NO8P. The van der Waals surface area contributed by atoms with Crippen molar-refractivity contribution in [1.29, 1.82) is 0 Å². The first-order valence-electron chi connectivity index (χ1n) is 19.0. The van der Waals surface area contributed by atoms with Gasteiger partial charge < -0.3 is 29.1 Å². The predicted molar refractivity (Wildman–Crippen MR) is 191 cm³/mol. The molecular weight excluding hydrogens is 629 g/mol. The highest BCUT2D eigenvalue weighted by atomic mass is 31.2. The van der Waals surface area contributed by atoms with Crippen LogP contribution in [-0.2, 0) is 27.8 Å². The van der Waals surface area contributed by atoms with E-state index in [1.165, 1.54) is 57.8 Å². The predicted octanol–water partition coefficient (Wildman–Crippen LogP) is 8.11. The summed E-state index contributed by atoms with van der Waals surface area (Å²) in [5.41, 5.74) is 2.57. The summed E-state index contributed by atoms with van der Waals surface area (Å²) in [6.45, 7) is 15.6. The van der Waals surface area contributed by atoms with Gasteiger partial charge >= 0.3 is 7.82 Å². The Labute approximate surface area is 293 Å². The zero-order valence-electron chi connectivity index (χ0n) is 31.8. The zero-order valence-corrected chi connectivity index (χ0v) is 32.7. The third-order valence-electron chi connectivity index (χ3n) is 12.7. The van der Waals surface area contributed by atoms with Gasteiger partial charge in [0.15, 0.2) is 0 Å². The summed E-state index contributed by atoms with van der Waals surface area (Å²) in [6.07, 6.45) is 17.7. The number of likely N-dealkylation sites (N-methyl/N-ethyl adjacent to an activating group) is 1. The number of allylic oxidation sites excluding steroid dienone is 1. The van der Waals surface area contributed by atoms with E-state index in [-0.39, 0.29) is 31.4 Å². The molecule has 2 N–H and O–H groups in total. The van der Waals surface area contributed by atoms with Gasteiger partial charge in [0.05, 0.1) is 66.9 Å². The van der Waals surface area contributed by atoms with E-state index < -0.39 is 7.82 Å². The molecule has 0 spiro atoms. The summed E-state index contributed by atoms with van der Waals surface area (Å²) in [5, 5.41) is 0. The van der Waals surface area contributed by atoms with Crippen molar-refractivity contribution in [2.75, 3.05) is 73.9 Å². The number of hydrogen-bond acceptors (Lipinski definition) is 7. The lowest BCUT2D eigenvalue weighted by Gasteiger charge is -2.58. The SMILES string of the molecule is CC(C)CCC[C@@H](C)[C@H]1CC[C@H]2[C@@H]3CC=C4CC(OCCOCCOCCOP(=O)(O)OCC[N+](C)(C)C)CC[C@]4(C)[C@H]3CC[C@]12C.[OH-]. The third-order valence-corrected chi connectivity index (χ3v) is 13.7. The fraction of sp³-hybridized carbons (Fsp3) is 0.947. The van der Waals surface area contributed by atoms with Crippen LogP contribution in [0.15, 0.2) is 11.6 Å². The zero-order chi connectivity index (χ0) is 34.3. The van der Waals surface area contributed by atoms with Crippen molar-refractivity contribution in [3.05, 3.63) is 11.6 Å². The largest absolute Gasteiger partial charge is 0.870 e. The molecule has 10 heteroatoms. The molecule has 4 rings (SSSR count). The van der Waals surface area contributed by atoms with Gasteiger partial charge in [0.2, 0.25) is 0 Å². The lowest BCUT2D eigenvalue weighted by Crippen LogP contribution is -2.51. The van der Waals surface area contributed by atoms with Crippen LogP contribution in [0.2, 0.25) is 0 Å². The van der Waals surface area contributed by atoms with E-state index in [2.05, 4.69) is 40.7 Å². The van der Waals surface area contributed by atoms with Gasteiger partial charge in [0, 0.05) is 0 Å². The van der Waals surface area contributed by atoms with Crippen LogP contribution in [0, 0.1) is 46.3 Å². The summed E-state index contributed by atoms with van der Waals surface area (Å²) in [6, 6.07) is 0. The molecule has 4 aliphatic rings. The van der Waals surface area contributed by atoms with Gasteiger partial charge in [-0.25, -0.2) is 4.57 Å². The average Bonchev–Trinajstić information content (AvgIpc) is 3.34. The van der Waals surface area contributed by atoms with Crippen LogP contribution in [0.5, 0.6) is 0 Å². The minimum Gasteiger partial charge on any atom is -0.870 e. The number of hydrogen-bond donors (Lipinski definition) is 1. The molecule has 0 bridgehead atoms. The molecule has 0 amide bonds. The maximum Gasteiger partial charge on any atom is 0.472 e. The first kappa shape index (κ1) is 42.1. The van der Waals surface area contributed by atoms with E-state index in [4.69, 9.17) is 23.3 Å². The van der Waals surface area contributed by atoms with Crippen LogP contribution < -0.4 is 0 Å². The number of nitrogens with zero attached hydrogens (tertiary/aromatic N) is 1. The molecule has 9 nitrogen and oxygen atoms in total. The molecule has 0 radical (unpaired) electrons. The van der Waals surface area contributed by atoms with Crippen LogP contribution in [0.3, 0.4) is 0 Å². The minimum absolute atomic E-state index is 0. The Bertz CT molecular complexity index is 1050. The second-order valence-electron chi connectivity index (χ2n) is 17.4. The van der Waals surface area contributed by atoms with Crippen molar-refractivity contribution in [1.82, 2.24) is 0 Å². The van der Waals surface area contributed by atoms with E-state index in [0.717, 1.165) is 48.3 Å². The van der Waals surface area contributed by atoms with Gasteiger partial charge in [-0.2, -0.15) is 0 Å². The molecule has 0 aromatic carbocycles. The molecule has 0 heterocycles. The monoisotopic (exact) mass is 701 g/mol. The lowest BCUT2D eigenvalue weighted by molar-refractivity contribution is -0.870. The summed E-state index contributed by atoms with van der Waals surface area (Å²) in [7, 11) is 1.93. The van der Waals surface area contributed by atoms with E-state index in [9.17, 15) is 9.46 Å². The maximum atomic E-state index is 11.9. The minimum atomic E-state index is -4.04. The van der Waals surface area contributed by atoms with Gasteiger partial charge in [0.1, 0.15) is 13.2 Å². The third kappa shape index (κ3) is 11.3. The molecule has 9 atom stereocenters. The van der Waals surface area contributed by atoms with E-state index in [1.54, 1.807) is 5.57 Å². The Morgan fingerprint density at radius 3 is 2.23 bits per heavy atom. The Balaban J connectivity index is 0.00000625. The lowest BCUT2D eigenvalue weighted by atomic mass is 9.47. The van der Waals surface area contributed by atoms with Crippen LogP contribution >= 0.6 is 7.82 Å². The highest BCUT2D eigenvalue weighted by Crippen LogP contribution is 2.67. The first-order chi connectivity index (χ1) is 22.1. The Morgan fingerprint density at radius 2 is 1.54 bits per heavy atom. The molecule has 4 aliphatic carbocycles. The summed E-state index contributed by atoms with van der Waals surface area (Å²) in [5.74, 6) is 5.23. The molecule has 0 aromatic heterocycles. The number of fused-ring (bicyclic) bond motifs is 5. The number of ether oxygens (including phenoxy) is 3.